The van der Waals surface area contributed by atoms with Crippen LogP contribution in [0.15, 0.2) is 42.6 Å². The van der Waals surface area contributed by atoms with E-state index in [1.807, 2.05) is 0 Å². The number of carbonyl (C=O) groups excluding carboxylic acids is 1. The van der Waals surface area contributed by atoms with Crippen molar-refractivity contribution < 1.29 is 27.1 Å². The van der Waals surface area contributed by atoms with Crippen LogP contribution in [0.2, 0.25) is 0 Å². The maximum absolute atomic E-state index is 13.5. The van der Waals surface area contributed by atoms with E-state index in [-0.39, 0.29) is 11.3 Å². The zero-order valence-corrected chi connectivity index (χ0v) is 9.82. The van der Waals surface area contributed by atoms with Crippen LogP contribution in [-0.2, 0) is 0 Å². The summed E-state index contributed by atoms with van der Waals surface area (Å²) in [6.45, 7) is 0. The summed E-state index contributed by atoms with van der Waals surface area (Å²) in [6.07, 6.45) is -3.61. The molecular weight excluding hydrogens is 278 g/mol. The summed E-state index contributed by atoms with van der Waals surface area (Å²) in [4.78, 5) is 15.7. The van der Waals surface area contributed by atoms with Gasteiger partial charge in [0.25, 0.3) is 0 Å². The molecule has 7 heteroatoms. The minimum absolute atomic E-state index is 0.0661. The van der Waals surface area contributed by atoms with E-state index in [2.05, 4.69) is 9.72 Å². The highest BCUT2D eigenvalue weighted by Gasteiger charge is 2.32. The maximum atomic E-state index is 13.5. The number of carbonyl (C=O) groups is 1. The molecular formula is C13H7F4NO2. The van der Waals surface area contributed by atoms with Gasteiger partial charge in [-0.2, -0.15) is 0 Å². The lowest BCUT2D eigenvalue weighted by molar-refractivity contribution is -0.275. The number of rotatable bonds is 3. The van der Waals surface area contributed by atoms with E-state index in [4.69, 9.17) is 0 Å². The van der Waals surface area contributed by atoms with Crippen molar-refractivity contribution in [2.45, 2.75) is 6.36 Å². The standard InChI is InChI=1S/C13H7F4NO2/c14-9-7-8(4-5-11(9)20-13(15,16)17)12(19)10-3-1-2-6-18-10/h1-7H. The Hall–Kier alpha value is -2.44. The SMILES string of the molecule is O=C(c1ccc(OC(F)(F)F)c(F)c1)c1ccccn1. The van der Waals surface area contributed by atoms with E-state index in [0.717, 1.165) is 12.1 Å². The van der Waals surface area contributed by atoms with Crippen LogP contribution >= 0.6 is 0 Å². The second kappa shape index (κ2) is 5.28. The van der Waals surface area contributed by atoms with E-state index < -0.39 is 23.7 Å². The van der Waals surface area contributed by atoms with Crippen LogP contribution in [0.3, 0.4) is 0 Å². The van der Waals surface area contributed by atoms with E-state index >= 15 is 0 Å². The number of aromatic nitrogens is 1. The van der Waals surface area contributed by atoms with Crippen LogP contribution in [0.4, 0.5) is 17.6 Å². The summed E-state index contributed by atoms with van der Waals surface area (Å²) < 4.78 is 52.9. The van der Waals surface area contributed by atoms with Gasteiger partial charge in [0.1, 0.15) is 5.69 Å². The normalized spacial score (nSPS) is 11.2. The molecule has 0 aliphatic carbocycles. The average Bonchev–Trinajstić information content (AvgIpc) is 2.40. The highest BCUT2D eigenvalue weighted by Crippen LogP contribution is 2.26. The van der Waals surface area contributed by atoms with Crippen molar-refractivity contribution in [2.24, 2.45) is 0 Å². The van der Waals surface area contributed by atoms with Crippen molar-refractivity contribution in [1.29, 1.82) is 0 Å². The van der Waals surface area contributed by atoms with Gasteiger partial charge in [0.05, 0.1) is 0 Å². The Morgan fingerprint density at radius 2 is 1.90 bits per heavy atom. The molecule has 2 rings (SSSR count). The topological polar surface area (TPSA) is 39.2 Å². The summed E-state index contributed by atoms with van der Waals surface area (Å²) in [5, 5.41) is 0. The third kappa shape index (κ3) is 3.31. The Bertz CT molecular complexity index is 626. The van der Waals surface area contributed by atoms with Crippen molar-refractivity contribution in [1.82, 2.24) is 4.98 Å². The number of ketones is 1. The predicted molar refractivity (Wildman–Crippen MR) is 60.8 cm³/mol. The lowest BCUT2D eigenvalue weighted by Gasteiger charge is -2.10. The van der Waals surface area contributed by atoms with Crippen LogP contribution in [0.5, 0.6) is 5.75 Å². The number of hydrogen-bond donors (Lipinski definition) is 0. The molecule has 1 aromatic carbocycles. The lowest BCUT2D eigenvalue weighted by atomic mass is 10.1. The first-order valence-electron chi connectivity index (χ1n) is 5.38. The van der Waals surface area contributed by atoms with Crippen molar-refractivity contribution >= 4 is 5.78 Å². The molecule has 2 aromatic rings. The Balaban J connectivity index is 2.28. The van der Waals surface area contributed by atoms with Crippen LogP contribution < -0.4 is 4.74 Å². The van der Waals surface area contributed by atoms with Crippen LogP contribution in [0.1, 0.15) is 16.1 Å². The molecule has 0 aliphatic heterocycles. The van der Waals surface area contributed by atoms with E-state index in [0.29, 0.717) is 6.07 Å². The van der Waals surface area contributed by atoms with Crippen LogP contribution in [0.25, 0.3) is 0 Å². The minimum Gasteiger partial charge on any atom is -0.403 e. The molecule has 3 nitrogen and oxygen atoms in total. The Morgan fingerprint density at radius 1 is 1.15 bits per heavy atom. The number of halogens is 4. The fourth-order valence-corrected chi connectivity index (χ4v) is 1.49. The molecule has 0 N–H and O–H groups in total. The highest BCUT2D eigenvalue weighted by atomic mass is 19.4. The molecule has 0 radical (unpaired) electrons. The fraction of sp³-hybridized carbons (Fsp3) is 0.0769. The Labute approximate surface area is 110 Å². The molecule has 20 heavy (non-hydrogen) atoms. The van der Waals surface area contributed by atoms with Gasteiger partial charge in [0.15, 0.2) is 11.6 Å². The fourth-order valence-electron chi connectivity index (χ4n) is 1.49. The molecule has 0 bridgehead atoms. The van der Waals surface area contributed by atoms with Gasteiger partial charge in [-0.1, -0.05) is 6.07 Å². The molecule has 0 spiro atoms. The first kappa shape index (κ1) is 14.0. The number of pyridine rings is 1. The highest BCUT2D eigenvalue weighted by molar-refractivity contribution is 6.07. The third-order valence-electron chi connectivity index (χ3n) is 2.32. The quantitative estimate of drug-likeness (QED) is 0.641. The number of hydrogen-bond acceptors (Lipinski definition) is 3. The first-order valence-corrected chi connectivity index (χ1v) is 5.38. The zero-order valence-electron chi connectivity index (χ0n) is 9.82. The van der Waals surface area contributed by atoms with Crippen molar-refractivity contribution in [3.8, 4) is 5.75 Å². The molecule has 104 valence electrons. The summed E-state index contributed by atoms with van der Waals surface area (Å²) in [6, 6.07) is 7.05. The van der Waals surface area contributed by atoms with Gasteiger partial charge in [-0.25, -0.2) is 4.39 Å². The Kier molecular flexibility index (Phi) is 3.69. The summed E-state index contributed by atoms with van der Waals surface area (Å²) in [7, 11) is 0. The van der Waals surface area contributed by atoms with Crippen LogP contribution in [-0.4, -0.2) is 17.1 Å². The number of benzene rings is 1. The van der Waals surface area contributed by atoms with E-state index in [1.54, 1.807) is 12.1 Å². The molecule has 1 aromatic heterocycles. The number of alkyl halides is 3. The molecule has 0 aliphatic rings. The van der Waals surface area contributed by atoms with Gasteiger partial charge < -0.3 is 4.74 Å². The zero-order chi connectivity index (χ0) is 14.8. The van der Waals surface area contributed by atoms with Gasteiger partial charge in [-0.05, 0) is 30.3 Å². The van der Waals surface area contributed by atoms with Crippen molar-refractivity contribution in [2.75, 3.05) is 0 Å². The smallest absolute Gasteiger partial charge is 0.403 e. The molecule has 0 fully saturated rings. The average molecular weight is 285 g/mol. The van der Waals surface area contributed by atoms with Gasteiger partial charge >= 0.3 is 6.36 Å². The first-order chi connectivity index (χ1) is 9.37. The molecule has 0 saturated carbocycles. The summed E-state index contributed by atoms with van der Waals surface area (Å²) in [5.74, 6) is -2.86. The Morgan fingerprint density at radius 3 is 2.45 bits per heavy atom. The number of ether oxygens (including phenoxy) is 1. The summed E-state index contributed by atoms with van der Waals surface area (Å²) in [5.41, 5.74) is -0.0490. The van der Waals surface area contributed by atoms with E-state index in [9.17, 15) is 22.4 Å². The molecule has 0 amide bonds. The predicted octanol–water partition coefficient (Wildman–Crippen LogP) is 3.35. The van der Waals surface area contributed by atoms with E-state index in [1.165, 1.54) is 12.3 Å². The molecule has 1 heterocycles. The van der Waals surface area contributed by atoms with Gasteiger partial charge in [0.2, 0.25) is 5.78 Å². The lowest BCUT2D eigenvalue weighted by Crippen LogP contribution is -2.18. The third-order valence-corrected chi connectivity index (χ3v) is 2.32. The van der Waals surface area contributed by atoms with Crippen molar-refractivity contribution in [3.05, 3.63) is 59.7 Å². The summed E-state index contributed by atoms with van der Waals surface area (Å²) >= 11 is 0. The second-order valence-electron chi connectivity index (χ2n) is 3.74. The largest absolute Gasteiger partial charge is 0.573 e. The van der Waals surface area contributed by atoms with Gasteiger partial charge in [0, 0.05) is 11.8 Å². The second-order valence-corrected chi connectivity index (χ2v) is 3.74. The van der Waals surface area contributed by atoms with Crippen molar-refractivity contribution in [3.63, 3.8) is 0 Å². The van der Waals surface area contributed by atoms with Gasteiger partial charge in [-0.3, -0.25) is 9.78 Å². The van der Waals surface area contributed by atoms with Crippen LogP contribution in [0, 0.1) is 5.82 Å². The monoisotopic (exact) mass is 285 g/mol. The van der Waals surface area contributed by atoms with Gasteiger partial charge in [-0.15, -0.1) is 13.2 Å². The number of nitrogens with zero attached hydrogens (tertiary/aromatic N) is 1. The molecule has 0 unspecified atom stereocenters. The maximum Gasteiger partial charge on any atom is 0.573 e. The molecule has 0 atom stereocenters. The minimum atomic E-state index is -4.99. The molecule has 0 saturated heterocycles.